The number of rotatable bonds is 9. The zero-order valence-corrected chi connectivity index (χ0v) is 17.8. The molecule has 0 unspecified atom stereocenters. The molecule has 1 aromatic heterocycles. The molecule has 3 N–H and O–H groups in total. The number of methoxy groups -OCH3 is 2. The molecule has 164 valence electrons. The number of amides is 1. The number of ether oxygens (including phenoxy) is 2. The van der Waals surface area contributed by atoms with Crippen molar-refractivity contribution in [2.24, 2.45) is 5.14 Å². The maximum atomic E-state index is 12.3. The number of carbonyl (C=O) groups excluding carboxylic acids is 1. The van der Waals surface area contributed by atoms with Crippen molar-refractivity contribution >= 4 is 21.6 Å². The highest BCUT2D eigenvalue weighted by Gasteiger charge is 2.15. The van der Waals surface area contributed by atoms with E-state index in [4.69, 9.17) is 19.1 Å². The van der Waals surface area contributed by atoms with Crippen LogP contribution < -0.4 is 19.9 Å². The summed E-state index contributed by atoms with van der Waals surface area (Å²) < 4.78 is 38.6. The molecule has 0 saturated carbocycles. The van der Waals surface area contributed by atoms with E-state index in [-0.39, 0.29) is 22.9 Å². The number of primary sulfonamides is 1. The van der Waals surface area contributed by atoms with Gasteiger partial charge in [0.25, 0.3) is 0 Å². The van der Waals surface area contributed by atoms with Gasteiger partial charge >= 0.3 is 0 Å². The molecule has 0 saturated heterocycles. The third-order valence-electron chi connectivity index (χ3n) is 4.38. The number of nitrogens with two attached hydrogens (primary N) is 1. The summed E-state index contributed by atoms with van der Waals surface area (Å²) in [5.41, 5.74) is 1.01. The second kappa shape index (κ2) is 9.58. The lowest BCUT2D eigenvalue weighted by Gasteiger charge is -2.11. The summed E-state index contributed by atoms with van der Waals surface area (Å²) in [6.07, 6.45) is 1.02. The van der Waals surface area contributed by atoms with Crippen LogP contribution in [0.4, 0.5) is 5.69 Å². The van der Waals surface area contributed by atoms with Gasteiger partial charge in [0, 0.05) is 18.4 Å². The number of benzene rings is 2. The van der Waals surface area contributed by atoms with Gasteiger partial charge in [-0.1, -0.05) is 5.16 Å². The average molecular weight is 446 g/mol. The molecular weight excluding hydrogens is 424 g/mol. The summed E-state index contributed by atoms with van der Waals surface area (Å²) in [5, 5.41) is 11.7. The van der Waals surface area contributed by atoms with E-state index in [1.165, 1.54) is 25.3 Å². The van der Waals surface area contributed by atoms with Gasteiger partial charge in [-0.15, -0.1) is 0 Å². The highest BCUT2D eigenvalue weighted by Crippen LogP contribution is 2.27. The van der Waals surface area contributed by atoms with Gasteiger partial charge in [-0.05, 0) is 48.9 Å². The Labute approximate surface area is 179 Å². The topological polar surface area (TPSA) is 147 Å². The molecule has 31 heavy (non-hydrogen) atoms. The van der Waals surface area contributed by atoms with Crippen molar-refractivity contribution < 1.29 is 27.2 Å². The Hall–Kier alpha value is -3.44. The number of aromatic nitrogens is 2. The number of nitrogens with one attached hydrogen (secondary N) is 1. The van der Waals surface area contributed by atoms with Gasteiger partial charge in [-0.3, -0.25) is 4.79 Å². The maximum absolute atomic E-state index is 12.3. The Kier molecular flexibility index (Phi) is 6.88. The SMILES string of the molecule is COc1ccc(-c2noc(CCCC(=O)Nc3cc(S(N)(=O)=O)ccc3OC)n2)cc1. The summed E-state index contributed by atoms with van der Waals surface area (Å²) in [6, 6.07) is 11.2. The molecule has 2 aromatic carbocycles. The molecule has 3 rings (SSSR count). The van der Waals surface area contributed by atoms with Crippen molar-refractivity contribution in [3.05, 3.63) is 48.4 Å². The fourth-order valence-corrected chi connectivity index (χ4v) is 3.33. The lowest BCUT2D eigenvalue weighted by molar-refractivity contribution is -0.116. The van der Waals surface area contributed by atoms with Crippen LogP contribution in [0.1, 0.15) is 18.7 Å². The first-order chi connectivity index (χ1) is 14.8. The van der Waals surface area contributed by atoms with Gasteiger partial charge in [-0.25, -0.2) is 13.6 Å². The first kappa shape index (κ1) is 22.2. The summed E-state index contributed by atoms with van der Waals surface area (Å²) >= 11 is 0. The number of aryl methyl sites for hydroxylation is 1. The molecular formula is C20H22N4O6S. The smallest absolute Gasteiger partial charge is 0.238 e. The van der Waals surface area contributed by atoms with Crippen molar-refractivity contribution in [2.45, 2.75) is 24.2 Å². The number of sulfonamides is 1. The zero-order chi connectivity index (χ0) is 22.4. The summed E-state index contributed by atoms with van der Waals surface area (Å²) in [7, 11) is -0.903. The molecule has 1 amide bonds. The standard InChI is InChI=1S/C20H22N4O6S/c1-28-14-8-6-13(7-9-14)20-23-19(30-24-20)5-3-4-18(25)22-16-12-15(31(21,26)27)10-11-17(16)29-2/h6-12H,3-5H2,1-2H3,(H,22,25)(H2,21,26,27). The second-order valence-electron chi connectivity index (χ2n) is 6.55. The van der Waals surface area contributed by atoms with E-state index in [0.717, 1.165) is 11.3 Å². The summed E-state index contributed by atoms with van der Waals surface area (Å²) in [6.45, 7) is 0. The maximum Gasteiger partial charge on any atom is 0.238 e. The molecule has 0 aliphatic rings. The largest absolute Gasteiger partial charge is 0.497 e. The Balaban J connectivity index is 1.57. The van der Waals surface area contributed by atoms with Gasteiger partial charge in [0.2, 0.25) is 27.6 Å². The fraction of sp³-hybridized carbons (Fsp3) is 0.250. The Morgan fingerprint density at radius 2 is 1.87 bits per heavy atom. The highest BCUT2D eigenvalue weighted by molar-refractivity contribution is 7.89. The number of anilines is 1. The van der Waals surface area contributed by atoms with E-state index in [1.807, 2.05) is 12.1 Å². The predicted molar refractivity (Wildman–Crippen MR) is 112 cm³/mol. The van der Waals surface area contributed by atoms with Crippen LogP contribution in [0.15, 0.2) is 51.9 Å². The number of nitrogens with zero attached hydrogens (tertiary/aromatic N) is 2. The van der Waals surface area contributed by atoms with Gasteiger partial charge < -0.3 is 19.3 Å². The lowest BCUT2D eigenvalue weighted by Crippen LogP contribution is -2.15. The van der Waals surface area contributed by atoms with E-state index >= 15 is 0 Å². The minimum absolute atomic E-state index is 0.125. The van der Waals surface area contributed by atoms with E-state index in [0.29, 0.717) is 30.3 Å². The zero-order valence-electron chi connectivity index (χ0n) is 17.0. The minimum atomic E-state index is -3.91. The number of hydrogen-bond acceptors (Lipinski definition) is 8. The monoisotopic (exact) mass is 446 g/mol. The van der Waals surface area contributed by atoms with Crippen LogP contribution in [-0.4, -0.2) is 38.7 Å². The number of hydrogen-bond donors (Lipinski definition) is 2. The predicted octanol–water partition coefficient (Wildman–Crippen LogP) is 2.36. The molecule has 0 spiro atoms. The van der Waals surface area contributed by atoms with Crippen molar-refractivity contribution in [1.82, 2.24) is 10.1 Å². The van der Waals surface area contributed by atoms with Crippen LogP contribution in [0.2, 0.25) is 0 Å². The van der Waals surface area contributed by atoms with Crippen LogP contribution in [-0.2, 0) is 21.2 Å². The molecule has 0 atom stereocenters. The van der Waals surface area contributed by atoms with E-state index in [2.05, 4.69) is 15.5 Å². The van der Waals surface area contributed by atoms with E-state index in [9.17, 15) is 13.2 Å². The molecule has 1 heterocycles. The number of carbonyl (C=O) groups is 1. The first-order valence-corrected chi connectivity index (χ1v) is 10.8. The van der Waals surface area contributed by atoms with Crippen LogP contribution in [0.5, 0.6) is 11.5 Å². The van der Waals surface area contributed by atoms with Crippen molar-refractivity contribution in [3.8, 4) is 22.9 Å². The van der Waals surface area contributed by atoms with E-state index < -0.39 is 10.0 Å². The van der Waals surface area contributed by atoms with Crippen LogP contribution in [0, 0.1) is 0 Å². The van der Waals surface area contributed by atoms with Crippen LogP contribution >= 0.6 is 0 Å². The van der Waals surface area contributed by atoms with Crippen molar-refractivity contribution in [3.63, 3.8) is 0 Å². The molecule has 0 radical (unpaired) electrons. The molecule has 10 nitrogen and oxygen atoms in total. The Bertz CT molecular complexity index is 1160. The van der Waals surface area contributed by atoms with Crippen LogP contribution in [0.25, 0.3) is 11.4 Å². The summed E-state index contributed by atoms with van der Waals surface area (Å²) in [5.74, 6) is 1.59. The van der Waals surface area contributed by atoms with Gasteiger partial charge in [0.15, 0.2) is 0 Å². The highest BCUT2D eigenvalue weighted by atomic mass is 32.2. The minimum Gasteiger partial charge on any atom is -0.497 e. The normalized spacial score (nSPS) is 11.2. The molecule has 3 aromatic rings. The quantitative estimate of drug-likeness (QED) is 0.509. The van der Waals surface area contributed by atoms with Crippen molar-refractivity contribution in [2.75, 3.05) is 19.5 Å². The fourth-order valence-electron chi connectivity index (χ4n) is 2.79. The van der Waals surface area contributed by atoms with Gasteiger partial charge in [0.05, 0.1) is 24.8 Å². The molecule has 0 aliphatic heterocycles. The third kappa shape index (κ3) is 5.80. The molecule has 0 bridgehead atoms. The lowest BCUT2D eigenvalue weighted by atomic mass is 10.2. The van der Waals surface area contributed by atoms with Gasteiger partial charge in [0.1, 0.15) is 11.5 Å². The second-order valence-corrected chi connectivity index (χ2v) is 8.11. The van der Waals surface area contributed by atoms with Gasteiger partial charge in [-0.2, -0.15) is 4.98 Å². The first-order valence-electron chi connectivity index (χ1n) is 9.28. The third-order valence-corrected chi connectivity index (χ3v) is 5.30. The molecule has 0 fully saturated rings. The summed E-state index contributed by atoms with van der Waals surface area (Å²) in [4.78, 5) is 16.5. The van der Waals surface area contributed by atoms with Crippen LogP contribution in [0.3, 0.4) is 0 Å². The Morgan fingerprint density at radius 3 is 2.52 bits per heavy atom. The van der Waals surface area contributed by atoms with Crippen molar-refractivity contribution in [1.29, 1.82) is 0 Å². The average Bonchev–Trinajstić information content (AvgIpc) is 3.22. The molecule has 0 aliphatic carbocycles. The van der Waals surface area contributed by atoms with E-state index in [1.54, 1.807) is 19.2 Å². The Morgan fingerprint density at radius 1 is 1.13 bits per heavy atom. The molecule has 11 heteroatoms.